The lowest BCUT2D eigenvalue weighted by Gasteiger charge is -2.03. The van der Waals surface area contributed by atoms with Crippen LogP contribution in [0.15, 0.2) is 63.9 Å². The molecule has 1 heterocycles. The highest BCUT2D eigenvalue weighted by Crippen LogP contribution is 2.05. The third kappa shape index (κ3) is 5.66. The fourth-order valence-corrected chi connectivity index (χ4v) is 1.63. The lowest BCUT2D eigenvalue weighted by atomic mass is 10.2. The molecule has 0 aliphatic rings. The molecule has 2 aromatic rings. The first-order valence-electron chi connectivity index (χ1n) is 6.81. The second kappa shape index (κ2) is 8.46. The fraction of sp³-hybridized carbons (Fsp3) is 0.176. The summed E-state index contributed by atoms with van der Waals surface area (Å²) >= 11 is 0. The maximum absolute atomic E-state index is 11.5. The largest absolute Gasteiger partial charge is 0.465 e. The number of hydrogen-bond acceptors (Lipinski definition) is 5. The van der Waals surface area contributed by atoms with Gasteiger partial charge in [-0.15, -0.1) is 0 Å². The normalized spacial score (nSPS) is 11.6. The quantitative estimate of drug-likeness (QED) is 0.446. The number of nitrogens with zero attached hydrogens (tertiary/aromatic N) is 1. The summed E-state index contributed by atoms with van der Waals surface area (Å²) in [4.78, 5) is 16.4. The summed E-state index contributed by atoms with van der Waals surface area (Å²) in [5, 5.41) is 3.71. The van der Waals surface area contributed by atoms with Crippen molar-refractivity contribution in [2.75, 3.05) is 6.61 Å². The molecule has 22 heavy (non-hydrogen) atoms. The monoisotopic (exact) mass is 299 g/mol. The molecule has 0 spiro atoms. The molecule has 114 valence electrons. The van der Waals surface area contributed by atoms with Crippen LogP contribution in [0.1, 0.15) is 18.2 Å². The zero-order chi connectivity index (χ0) is 15.6. The van der Waals surface area contributed by atoms with Gasteiger partial charge in [0.15, 0.2) is 0 Å². The molecule has 0 fully saturated rings. The molecule has 0 saturated heterocycles. The summed E-state index contributed by atoms with van der Waals surface area (Å²) in [5.74, 6) is 0.264. The van der Waals surface area contributed by atoms with Crippen LogP contribution in [0.3, 0.4) is 0 Å². The number of ether oxygens (including phenoxy) is 1. The van der Waals surface area contributed by atoms with Crippen LogP contribution in [0.25, 0.3) is 6.08 Å². The van der Waals surface area contributed by atoms with E-state index >= 15 is 0 Å². The SMILES string of the molecule is CC(/C=N/OCC(=O)OCc1ccccc1)=C\c1ccco1. The number of furan rings is 1. The Morgan fingerprint density at radius 3 is 2.77 bits per heavy atom. The Morgan fingerprint density at radius 1 is 1.23 bits per heavy atom. The van der Waals surface area contributed by atoms with Crippen molar-refractivity contribution in [1.29, 1.82) is 0 Å². The van der Waals surface area contributed by atoms with Crippen molar-refractivity contribution in [2.45, 2.75) is 13.5 Å². The third-order valence-electron chi connectivity index (χ3n) is 2.67. The highest BCUT2D eigenvalue weighted by molar-refractivity contribution is 5.83. The number of hydrogen-bond donors (Lipinski definition) is 0. The molecule has 0 bridgehead atoms. The molecule has 0 aliphatic heterocycles. The second-order valence-electron chi connectivity index (χ2n) is 4.56. The summed E-state index contributed by atoms with van der Waals surface area (Å²) in [5.41, 5.74) is 1.77. The van der Waals surface area contributed by atoms with Gasteiger partial charge < -0.3 is 14.0 Å². The predicted molar refractivity (Wildman–Crippen MR) is 83.0 cm³/mol. The maximum Gasteiger partial charge on any atom is 0.347 e. The van der Waals surface area contributed by atoms with Gasteiger partial charge in [-0.25, -0.2) is 4.79 Å². The van der Waals surface area contributed by atoms with E-state index in [0.717, 1.165) is 16.9 Å². The average Bonchev–Trinajstić information content (AvgIpc) is 3.03. The van der Waals surface area contributed by atoms with Crippen LogP contribution < -0.4 is 0 Å². The van der Waals surface area contributed by atoms with E-state index in [-0.39, 0.29) is 13.2 Å². The molecule has 1 aromatic carbocycles. The molecular formula is C17H17NO4. The van der Waals surface area contributed by atoms with Gasteiger partial charge in [0, 0.05) is 0 Å². The highest BCUT2D eigenvalue weighted by atomic mass is 16.6. The van der Waals surface area contributed by atoms with Crippen molar-refractivity contribution >= 4 is 18.3 Å². The van der Waals surface area contributed by atoms with Crippen LogP contribution in [0, 0.1) is 0 Å². The van der Waals surface area contributed by atoms with Crippen LogP contribution >= 0.6 is 0 Å². The standard InChI is InChI=1S/C17H17NO4/c1-14(10-16-8-5-9-20-16)11-18-22-13-17(19)21-12-15-6-3-2-4-7-15/h2-11H,12-13H2,1H3/b14-10+,18-11+. The number of carbonyl (C=O) groups excluding carboxylic acids is 1. The highest BCUT2D eigenvalue weighted by Gasteiger charge is 2.03. The van der Waals surface area contributed by atoms with Gasteiger partial charge in [-0.05, 0) is 36.3 Å². The van der Waals surface area contributed by atoms with E-state index in [4.69, 9.17) is 14.0 Å². The first-order chi connectivity index (χ1) is 10.7. The predicted octanol–water partition coefficient (Wildman–Crippen LogP) is 3.43. The summed E-state index contributed by atoms with van der Waals surface area (Å²) in [6.45, 7) is 1.85. The van der Waals surface area contributed by atoms with Gasteiger partial charge in [-0.1, -0.05) is 35.5 Å². The number of esters is 1. The van der Waals surface area contributed by atoms with Gasteiger partial charge in [0.2, 0.25) is 6.61 Å². The molecule has 2 rings (SSSR count). The van der Waals surface area contributed by atoms with Gasteiger partial charge in [0.05, 0.1) is 12.5 Å². The molecule has 0 radical (unpaired) electrons. The molecule has 0 amide bonds. The smallest absolute Gasteiger partial charge is 0.347 e. The summed E-state index contributed by atoms with van der Waals surface area (Å²) in [6.07, 6.45) is 4.91. The zero-order valence-corrected chi connectivity index (χ0v) is 12.3. The molecule has 0 aliphatic carbocycles. The Hall–Kier alpha value is -2.82. The Bertz CT molecular complexity index is 630. The van der Waals surface area contributed by atoms with E-state index in [1.165, 1.54) is 6.21 Å². The average molecular weight is 299 g/mol. The number of benzene rings is 1. The Labute approximate surface area is 128 Å². The fourth-order valence-electron chi connectivity index (χ4n) is 1.63. The lowest BCUT2D eigenvalue weighted by molar-refractivity contribution is -0.150. The number of carbonyl (C=O) groups is 1. The van der Waals surface area contributed by atoms with Crippen molar-refractivity contribution in [3.8, 4) is 0 Å². The molecule has 0 N–H and O–H groups in total. The minimum absolute atomic E-state index is 0.225. The van der Waals surface area contributed by atoms with E-state index < -0.39 is 5.97 Å². The van der Waals surface area contributed by atoms with E-state index in [1.807, 2.05) is 43.3 Å². The molecule has 5 nitrogen and oxygen atoms in total. The number of allylic oxidation sites excluding steroid dienone is 1. The van der Waals surface area contributed by atoms with Crippen LogP contribution in [0.4, 0.5) is 0 Å². The van der Waals surface area contributed by atoms with Gasteiger partial charge in [-0.3, -0.25) is 0 Å². The second-order valence-corrected chi connectivity index (χ2v) is 4.56. The van der Waals surface area contributed by atoms with Crippen LogP contribution in [-0.4, -0.2) is 18.8 Å². The summed E-state index contributed by atoms with van der Waals surface area (Å²) in [6, 6.07) is 13.1. The number of rotatable bonds is 7. The zero-order valence-electron chi connectivity index (χ0n) is 12.3. The van der Waals surface area contributed by atoms with Gasteiger partial charge >= 0.3 is 5.97 Å². The minimum atomic E-state index is -0.464. The lowest BCUT2D eigenvalue weighted by Crippen LogP contribution is -2.10. The van der Waals surface area contributed by atoms with Crippen molar-refractivity contribution < 1.29 is 18.8 Å². The molecule has 1 aromatic heterocycles. The molecule has 0 unspecified atom stereocenters. The van der Waals surface area contributed by atoms with E-state index in [9.17, 15) is 4.79 Å². The molecule has 0 saturated carbocycles. The summed E-state index contributed by atoms with van der Waals surface area (Å²) in [7, 11) is 0. The number of oxime groups is 1. The Balaban J connectivity index is 1.67. The van der Waals surface area contributed by atoms with Gasteiger partial charge in [-0.2, -0.15) is 0 Å². The van der Waals surface area contributed by atoms with Crippen LogP contribution in [-0.2, 0) is 21.0 Å². The molecule has 5 heteroatoms. The first-order valence-corrected chi connectivity index (χ1v) is 6.81. The van der Waals surface area contributed by atoms with Gasteiger partial charge in [0.1, 0.15) is 12.4 Å². The molecule has 0 atom stereocenters. The van der Waals surface area contributed by atoms with Gasteiger partial charge in [0.25, 0.3) is 0 Å². The first kappa shape index (κ1) is 15.6. The van der Waals surface area contributed by atoms with E-state index in [1.54, 1.807) is 18.4 Å². The summed E-state index contributed by atoms with van der Waals surface area (Å²) < 4.78 is 10.2. The van der Waals surface area contributed by atoms with E-state index in [2.05, 4.69) is 5.16 Å². The van der Waals surface area contributed by atoms with Crippen LogP contribution in [0.2, 0.25) is 0 Å². The van der Waals surface area contributed by atoms with Crippen LogP contribution in [0.5, 0.6) is 0 Å². The topological polar surface area (TPSA) is 61.0 Å². The Kier molecular flexibility index (Phi) is 5.99. The van der Waals surface area contributed by atoms with Crippen molar-refractivity contribution in [1.82, 2.24) is 0 Å². The van der Waals surface area contributed by atoms with E-state index in [0.29, 0.717) is 0 Å². The Morgan fingerprint density at radius 2 is 2.05 bits per heavy atom. The minimum Gasteiger partial charge on any atom is -0.465 e. The maximum atomic E-state index is 11.5. The van der Waals surface area contributed by atoms with Crippen molar-refractivity contribution in [3.05, 3.63) is 65.6 Å². The molecular weight excluding hydrogens is 282 g/mol. The van der Waals surface area contributed by atoms with Crippen molar-refractivity contribution in [2.24, 2.45) is 5.16 Å². The van der Waals surface area contributed by atoms with Crippen molar-refractivity contribution in [3.63, 3.8) is 0 Å². The third-order valence-corrected chi connectivity index (χ3v) is 2.67.